The fourth-order valence-electron chi connectivity index (χ4n) is 3.06. The molecule has 27 heavy (non-hydrogen) atoms. The van der Waals surface area contributed by atoms with E-state index in [1.807, 2.05) is 0 Å². The molecule has 0 bridgehead atoms. The molecule has 0 fully saturated rings. The van der Waals surface area contributed by atoms with Crippen LogP contribution in [0.2, 0.25) is 0 Å². The monoisotopic (exact) mass is 390 g/mol. The van der Waals surface area contributed by atoms with Crippen LogP contribution in [0.1, 0.15) is 18.1 Å². The zero-order valence-electron chi connectivity index (χ0n) is 15.3. The van der Waals surface area contributed by atoms with Crippen molar-refractivity contribution < 1.29 is 0 Å². The van der Waals surface area contributed by atoms with Gasteiger partial charge in [-0.1, -0.05) is 55.5 Å². The summed E-state index contributed by atoms with van der Waals surface area (Å²) in [6, 6.07) is 23.5. The van der Waals surface area contributed by atoms with Crippen LogP contribution >= 0.6 is 22.7 Å². The third kappa shape index (κ3) is 4.29. The van der Waals surface area contributed by atoms with Crippen LogP contribution in [-0.4, -0.2) is 4.57 Å². The zero-order valence-corrected chi connectivity index (χ0v) is 17.0. The number of hydrogen-bond acceptors (Lipinski definition) is 3. The van der Waals surface area contributed by atoms with E-state index in [1.54, 1.807) is 22.7 Å². The summed E-state index contributed by atoms with van der Waals surface area (Å²) in [6.07, 6.45) is 2.05. The first-order valence-electron chi connectivity index (χ1n) is 9.23. The van der Waals surface area contributed by atoms with E-state index in [9.17, 15) is 0 Å². The predicted molar refractivity (Wildman–Crippen MR) is 117 cm³/mol. The maximum Gasteiger partial charge on any atom is 0.190 e. The molecule has 0 aliphatic carbocycles. The average Bonchev–Trinajstić information content (AvgIpc) is 3.38. The van der Waals surface area contributed by atoms with Crippen molar-refractivity contribution in [2.24, 2.45) is 4.99 Å². The summed E-state index contributed by atoms with van der Waals surface area (Å²) in [5, 5.41) is 4.37. The van der Waals surface area contributed by atoms with Crippen LogP contribution in [0, 0.1) is 0 Å². The Balaban J connectivity index is 1.71. The predicted octanol–water partition coefficient (Wildman–Crippen LogP) is 6.32. The number of rotatable bonds is 6. The summed E-state index contributed by atoms with van der Waals surface area (Å²) in [4.78, 5) is 7.29. The standard InChI is InChI=1S/C23H22N2S2/c1-2-18-10-12-20(13-11-18)24-23-25(15-14-19-7-4-3-5-8-19)21(17-27-23)22-9-6-16-26-22/h3-13,16-17H,2,14-15H2,1H3. The van der Waals surface area contributed by atoms with E-state index in [-0.39, 0.29) is 0 Å². The lowest BCUT2D eigenvalue weighted by Gasteiger charge is -2.08. The number of aromatic nitrogens is 1. The number of thiophene rings is 1. The van der Waals surface area contributed by atoms with Crippen molar-refractivity contribution in [3.63, 3.8) is 0 Å². The van der Waals surface area contributed by atoms with Crippen LogP contribution < -0.4 is 4.80 Å². The second-order valence-corrected chi connectivity index (χ2v) is 8.18. The van der Waals surface area contributed by atoms with Crippen molar-refractivity contribution in [1.29, 1.82) is 0 Å². The second-order valence-electron chi connectivity index (χ2n) is 6.40. The highest BCUT2D eigenvalue weighted by atomic mass is 32.1. The molecule has 136 valence electrons. The third-order valence-electron chi connectivity index (χ3n) is 4.61. The molecule has 2 aromatic carbocycles. The first kappa shape index (κ1) is 18.0. The number of thiazole rings is 1. The summed E-state index contributed by atoms with van der Waals surface area (Å²) in [5.41, 5.74) is 4.97. The molecule has 2 heterocycles. The van der Waals surface area contributed by atoms with E-state index in [2.05, 4.69) is 89.0 Å². The molecule has 0 radical (unpaired) electrons. The molecular weight excluding hydrogens is 368 g/mol. The van der Waals surface area contributed by atoms with Crippen molar-refractivity contribution in [1.82, 2.24) is 4.57 Å². The first-order chi connectivity index (χ1) is 13.3. The SMILES string of the molecule is CCc1ccc(N=c2scc(-c3cccs3)n2CCc2ccccc2)cc1. The fourth-order valence-corrected chi connectivity index (χ4v) is 4.83. The minimum Gasteiger partial charge on any atom is -0.315 e. The molecule has 0 amide bonds. The van der Waals surface area contributed by atoms with Crippen LogP contribution in [0.25, 0.3) is 10.6 Å². The topological polar surface area (TPSA) is 17.3 Å². The highest BCUT2D eigenvalue weighted by Crippen LogP contribution is 2.26. The molecule has 0 saturated carbocycles. The van der Waals surface area contributed by atoms with Crippen LogP contribution in [-0.2, 0) is 19.4 Å². The van der Waals surface area contributed by atoms with Gasteiger partial charge in [-0.2, -0.15) is 0 Å². The van der Waals surface area contributed by atoms with Gasteiger partial charge in [0.1, 0.15) is 0 Å². The zero-order chi connectivity index (χ0) is 18.5. The van der Waals surface area contributed by atoms with Crippen LogP contribution in [0.3, 0.4) is 0 Å². The number of nitrogens with zero attached hydrogens (tertiary/aromatic N) is 2. The van der Waals surface area contributed by atoms with Gasteiger partial charge in [0, 0.05) is 11.9 Å². The quantitative estimate of drug-likeness (QED) is 0.367. The van der Waals surface area contributed by atoms with Gasteiger partial charge in [0.25, 0.3) is 0 Å². The molecular formula is C23H22N2S2. The molecule has 2 nitrogen and oxygen atoms in total. The van der Waals surface area contributed by atoms with Gasteiger partial charge in [0.05, 0.1) is 16.3 Å². The van der Waals surface area contributed by atoms with Gasteiger partial charge >= 0.3 is 0 Å². The van der Waals surface area contributed by atoms with Gasteiger partial charge in [-0.25, -0.2) is 4.99 Å². The van der Waals surface area contributed by atoms with Gasteiger partial charge in [-0.15, -0.1) is 22.7 Å². The van der Waals surface area contributed by atoms with Crippen molar-refractivity contribution >= 4 is 28.4 Å². The van der Waals surface area contributed by atoms with E-state index in [0.29, 0.717) is 0 Å². The Morgan fingerprint density at radius 1 is 0.852 bits per heavy atom. The molecule has 0 saturated heterocycles. The summed E-state index contributed by atoms with van der Waals surface area (Å²) in [7, 11) is 0. The molecule has 0 aliphatic rings. The minimum atomic E-state index is 0.923. The maximum absolute atomic E-state index is 4.95. The van der Waals surface area contributed by atoms with E-state index >= 15 is 0 Å². The Morgan fingerprint density at radius 3 is 2.37 bits per heavy atom. The third-order valence-corrected chi connectivity index (χ3v) is 6.36. The minimum absolute atomic E-state index is 0.923. The highest BCUT2D eigenvalue weighted by Gasteiger charge is 2.09. The molecule has 2 aromatic heterocycles. The largest absolute Gasteiger partial charge is 0.315 e. The lowest BCUT2D eigenvalue weighted by atomic mass is 10.1. The maximum atomic E-state index is 4.95. The van der Waals surface area contributed by atoms with Crippen molar-refractivity contribution in [3.05, 3.63) is 93.4 Å². The number of aryl methyl sites for hydroxylation is 2. The highest BCUT2D eigenvalue weighted by molar-refractivity contribution is 7.14. The van der Waals surface area contributed by atoms with Gasteiger partial charge in [-0.05, 0) is 47.5 Å². The van der Waals surface area contributed by atoms with Crippen LogP contribution in [0.4, 0.5) is 5.69 Å². The Kier molecular flexibility index (Phi) is 5.66. The molecule has 0 N–H and O–H groups in total. The van der Waals surface area contributed by atoms with Crippen LogP contribution in [0.5, 0.6) is 0 Å². The molecule has 0 spiro atoms. The van der Waals surface area contributed by atoms with Crippen molar-refractivity contribution in [3.8, 4) is 10.6 Å². The Labute approximate surface area is 168 Å². The van der Waals surface area contributed by atoms with E-state index in [0.717, 1.165) is 29.9 Å². The summed E-state index contributed by atoms with van der Waals surface area (Å²) < 4.78 is 2.36. The van der Waals surface area contributed by atoms with Crippen molar-refractivity contribution in [2.75, 3.05) is 0 Å². The van der Waals surface area contributed by atoms with Crippen molar-refractivity contribution in [2.45, 2.75) is 26.3 Å². The number of hydrogen-bond donors (Lipinski definition) is 0. The van der Waals surface area contributed by atoms with Gasteiger partial charge in [-0.3, -0.25) is 0 Å². The average molecular weight is 391 g/mol. The Bertz CT molecular complexity index is 1040. The van der Waals surface area contributed by atoms with Gasteiger partial charge < -0.3 is 4.57 Å². The summed E-state index contributed by atoms with van der Waals surface area (Å²) >= 11 is 3.50. The Morgan fingerprint density at radius 2 is 1.67 bits per heavy atom. The molecule has 0 unspecified atom stereocenters. The van der Waals surface area contributed by atoms with E-state index in [1.165, 1.54) is 21.7 Å². The Hall–Kier alpha value is -2.43. The van der Waals surface area contributed by atoms with Gasteiger partial charge in [0.15, 0.2) is 4.80 Å². The summed E-state index contributed by atoms with van der Waals surface area (Å²) in [5.74, 6) is 0. The van der Waals surface area contributed by atoms with E-state index < -0.39 is 0 Å². The molecule has 4 aromatic rings. The second kappa shape index (κ2) is 8.51. The smallest absolute Gasteiger partial charge is 0.190 e. The van der Waals surface area contributed by atoms with E-state index in [4.69, 9.17) is 4.99 Å². The lowest BCUT2D eigenvalue weighted by Crippen LogP contribution is -2.17. The van der Waals surface area contributed by atoms with Gasteiger partial charge in [0.2, 0.25) is 0 Å². The first-order valence-corrected chi connectivity index (χ1v) is 11.0. The summed E-state index contributed by atoms with van der Waals surface area (Å²) in [6.45, 7) is 3.10. The fraction of sp³-hybridized carbons (Fsp3) is 0.174. The van der Waals surface area contributed by atoms with Crippen LogP contribution in [0.15, 0.2) is 82.5 Å². The lowest BCUT2D eigenvalue weighted by molar-refractivity contribution is 0.685. The molecule has 4 rings (SSSR count). The normalized spacial score (nSPS) is 11.8. The number of benzene rings is 2. The molecule has 4 heteroatoms. The molecule has 0 atom stereocenters. The molecule has 0 aliphatic heterocycles.